The van der Waals surface area contributed by atoms with Crippen LogP contribution in [0.4, 0.5) is 0 Å². The van der Waals surface area contributed by atoms with Crippen molar-refractivity contribution in [2.24, 2.45) is 10.9 Å². The highest BCUT2D eigenvalue weighted by molar-refractivity contribution is 6.06. The Balaban J connectivity index is 2.57. The second-order valence-corrected chi connectivity index (χ2v) is 4.97. The van der Waals surface area contributed by atoms with Gasteiger partial charge in [-0.25, -0.2) is 4.79 Å². The van der Waals surface area contributed by atoms with E-state index in [1.165, 1.54) is 13.4 Å². The van der Waals surface area contributed by atoms with Crippen molar-refractivity contribution in [1.82, 2.24) is 0 Å². The Kier molecular flexibility index (Phi) is 4.80. The van der Waals surface area contributed by atoms with Crippen LogP contribution < -0.4 is 0 Å². The van der Waals surface area contributed by atoms with Crippen molar-refractivity contribution in [3.63, 3.8) is 0 Å². The van der Waals surface area contributed by atoms with E-state index in [9.17, 15) is 9.59 Å². The third kappa shape index (κ3) is 2.81. The van der Waals surface area contributed by atoms with Gasteiger partial charge in [-0.3, -0.25) is 9.79 Å². The monoisotopic (exact) mass is 305 g/mol. The largest absolute Gasteiger partial charge is 0.469 e. The van der Waals surface area contributed by atoms with Gasteiger partial charge in [0.15, 0.2) is 0 Å². The lowest BCUT2D eigenvalue weighted by Gasteiger charge is -2.29. The van der Waals surface area contributed by atoms with Crippen molar-refractivity contribution >= 4 is 17.7 Å². The summed E-state index contributed by atoms with van der Waals surface area (Å²) >= 11 is 0. The van der Waals surface area contributed by atoms with Crippen molar-refractivity contribution in [3.05, 3.63) is 35.4 Å². The van der Waals surface area contributed by atoms with Crippen LogP contribution in [0.1, 0.15) is 32.4 Å². The van der Waals surface area contributed by atoms with E-state index < -0.39 is 23.8 Å². The van der Waals surface area contributed by atoms with Crippen LogP contribution in [0.25, 0.3) is 0 Å². The second-order valence-electron chi connectivity index (χ2n) is 4.97. The minimum Gasteiger partial charge on any atom is -0.469 e. The molecule has 0 spiro atoms. The molecular weight excluding hydrogens is 286 g/mol. The Bertz CT molecular complexity index is 627. The maximum absolute atomic E-state index is 12.4. The summed E-state index contributed by atoms with van der Waals surface area (Å²) in [6.45, 7) is 5.45. The number of carbonyl (C=O) groups excluding carboxylic acids is 2. The lowest BCUT2D eigenvalue weighted by atomic mass is 9.78. The quantitative estimate of drug-likeness (QED) is 0.798. The van der Waals surface area contributed by atoms with Crippen molar-refractivity contribution in [3.8, 4) is 0 Å². The molecule has 2 atom stereocenters. The molecular formula is C16H19NO5. The Morgan fingerprint density at radius 3 is 2.64 bits per heavy atom. The van der Waals surface area contributed by atoms with Gasteiger partial charge in [0.2, 0.25) is 0 Å². The van der Waals surface area contributed by atoms with Crippen molar-refractivity contribution in [2.45, 2.75) is 26.7 Å². The SMILES string of the molecule is CCOC(=O)C1C(C)=NC(C)=C(C(=O)OC)[C@H]1c1ccco1. The van der Waals surface area contributed by atoms with Crippen LogP contribution in [0.5, 0.6) is 0 Å². The summed E-state index contributed by atoms with van der Waals surface area (Å²) in [4.78, 5) is 28.9. The summed E-state index contributed by atoms with van der Waals surface area (Å²) < 4.78 is 15.4. The number of aliphatic imine (C=N–C) groups is 1. The highest BCUT2D eigenvalue weighted by Gasteiger charge is 2.43. The van der Waals surface area contributed by atoms with Gasteiger partial charge in [-0.1, -0.05) is 0 Å². The molecule has 0 saturated carbocycles. The zero-order valence-electron chi connectivity index (χ0n) is 13.1. The van der Waals surface area contributed by atoms with Crippen LogP contribution in [-0.2, 0) is 19.1 Å². The average Bonchev–Trinajstić information content (AvgIpc) is 2.99. The average molecular weight is 305 g/mol. The first kappa shape index (κ1) is 16.0. The molecule has 0 fully saturated rings. The maximum Gasteiger partial charge on any atom is 0.336 e. The van der Waals surface area contributed by atoms with E-state index in [0.29, 0.717) is 22.7 Å². The molecule has 1 aliphatic rings. The number of methoxy groups -OCH3 is 1. The fourth-order valence-electron chi connectivity index (χ4n) is 2.73. The lowest BCUT2D eigenvalue weighted by Crippen LogP contribution is -2.36. The summed E-state index contributed by atoms with van der Waals surface area (Å²) in [7, 11) is 1.30. The van der Waals surface area contributed by atoms with Gasteiger partial charge in [-0.15, -0.1) is 0 Å². The van der Waals surface area contributed by atoms with Crippen molar-refractivity contribution < 1.29 is 23.5 Å². The molecule has 22 heavy (non-hydrogen) atoms. The zero-order chi connectivity index (χ0) is 16.3. The predicted octanol–water partition coefficient (Wildman–Crippen LogP) is 2.46. The number of hydrogen-bond acceptors (Lipinski definition) is 6. The third-order valence-corrected chi connectivity index (χ3v) is 3.62. The van der Waals surface area contributed by atoms with E-state index in [0.717, 1.165) is 0 Å². The van der Waals surface area contributed by atoms with Crippen LogP contribution in [0.3, 0.4) is 0 Å². The number of ether oxygens (including phenoxy) is 2. The number of rotatable bonds is 4. The van der Waals surface area contributed by atoms with Crippen LogP contribution in [0.15, 0.2) is 39.1 Å². The topological polar surface area (TPSA) is 78.1 Å². The van der Waals surface area contributed by atoms with Gasteiger partial charge in [0.1, 0.15) is 11.7 Å². The maximum atomic E-state index is 12.4. The molecule has 1 aromatic heterocycles. The molecule has 0 saturated heterocycles. The molecule has 0 radical (unpaired) electrons. The summed E-state index contributed by atoms with van der Waals surface area (Å²) in [6, 6.07) is 3.44. The van der Waals surface area contributed by atoms with Gasteiger partial charge in [0.25, 0.3) is 0 Å². The number of esters is 2. The highest BCUT2D eigenvalue weighted by atomic mass is 16.5. The molecule has 0 aliphatic carbocycles. The van der Waals surface area contributed by atoms with Gasteiger partial charge < -0.3 is 13.9 Å². The first-order valence-corrected chi connectivity index (χ1v) is 7.05. The Morgan fingerprint density at radius 1 is 1.36 bits per heavy atom. The summed E-state index contributed by atoms with van der Waals surface area (Å²) in [5, 5.41) is 0. The highest BCUT2D eigenvalue weighted by Crippen LogP contribution is 2.40. The molecule has 0 amide bonds. The van der Waals surface area contributed by atoms with Crippen molar-refractivity contribution in [2.75, 3.05) is 13.7 Å². The summed E-state index contributed by atoms with van der Waals surface area (Å²) in [6.07, 6.45) is 1.50. The number of furan rings is 1. The van der Waals surface area contributed by atoms with Crippen LogP contribution in [-0.4, -0.2) is 31.4 Å². The van der Waals surface area contributed by atoms with E-state index in [4.69, 9.17) is 13.9 Å². The van der Waals surface area contributed by atoms with E-state index >= 15 is 0 Å². The van der Waals surface area contributed by atoms with E-state index in [2.05, 4.69) is 4.99 Å². The summed E-state index contributed by atoms with van der Waals surface area (Å²) in [5.41, 5.74) is 1.43. The Hall–Kier alpha value is -2.37. The number of allylic oxidation sites excluding steroid dienone is 1. The number of hydrogen-bond donors (Lipinski definition) is 0. The van der Waals surface area contributed by atoms with Gasteiger partial charge in [-0.05, 0) is 32.9 Å². The minimum atomic E-state index is -0.705. The predicted molar refractivity (Wildman–Crippen MR) is 79.4 cm³/mol. The van der Waals surface area contributed by atoms with Crippen LogP contribution in [0, 0.1) is 5.92 Å². The van der Waals surface area contributed by atoms with E-state index in [1.54, 1.807) is 32.9 Å². The molecule has 6 nitrogen and oxygen atoms in total. The Labute approximate surface area is 128 Å². The smallest absolute Gasteiger partial charge is 0.336 e. The molecule has 0 aromatic carbocycles. The van der Waals surface area contributed by atoms with E-state index in [-0.39, 0.29) is 6.61 Å². The lowest BCUT2D eigenvalue weighted by molar-refractivity contribution is -0.146. The number of carbonyl (C=O) groups is 2. The molecule has 1 aromatic rings. The van der Waals surface area contributed by atoms with Gasteiger partial charge in [-0.2, -0.15) is 0 Å². The molecule has 0 bridgehead atoms. The minimum absolute atomic E-state index is 0.254. The van der Waals surface area contributed by atoms with E-state index in [1.807, 2.05) is 0 Å². The molecule has 0 N–H and O–H groups in total. The van der Waals surface area contributed by atoms with Gasteiger partial charge >= 0.3 is 11.9 Å². The van der Waals surface area contributed by atoms with Gasteiger partial charge in [0.05, 0.1) is 31.5 Å². The molecule has 118 valence electrons. The fraction of sp³-hybridized carbons (Fsp3) is 0.438. The Morgan fingerprint density at radius 2 is 2.09 bits per heavy atom. The number of nitrogens with zero attached hydrogens (tertiary/aromatic N) is 1. The molecule has 6 heteroatoms. The second kappa shape index (κ2) is 6.60. The van der Waals surface area contributed by atoms with Crippen LogP contribution in [0.2, 0.25) is 0 Å². The zero-order valence-corrected chi connectivity index (χ0v) is 13.1. The summed E-state index contributed by atoms with van der Waals surface area (Å²) in [5.74, 6) is -1.75. The first-order valence-electron chi connectivity index (χ1n) is 7.05. The van der Waals surface area contributed by atoms with Gasteiger partial charge in [0, 0.05) is 11.4 Å². The standard InChI is InChI=1S/C16H19NO5/c1-5-21-16(19)13-10(3)17-9(2)12(15(18)20-4)14(13)11-7-6-8-22-11/h6-8,13-14H,5H2,1-4H3/t13?,14-/m1/s1. The molecule has 2 heterocycles. The third-order valence-electron chi connectivity index (χ3n) is 3.62. The normalized spacial score (nSPS) is 21.4. The van der Waals surface area contributed by atoms with Crippen LogP contribution >= 0.6 is 0 Å². The molecule has 1 unspecified atom stereocenters. The molecule has 1 aliphatic heterocycles. The first-order chi connectivity index (χ1) is 10.5. The van der Waals surface area contributed by atoms with Crippen molar-refractivity contribution in [1.29, 1.82) is 0 Å². The fourth-order valence-corrected chi connectivity index (χ4v) is 2.73. The molecule has 2 rings (SSSR count).